The number of amides is 1. The zero-order valence-corrected chi connectivity index (χ0v) is 12.5. The van der Waals surface area contributed by atoms with E-state index in [9.17, 15) is 18.3 Å². The molecular formula is C15H17NO4S. The Morgan fingerprint density at radius 2 is 1.81 bits per heavy atom. The van der Waals surface area contributed by atoms with Crippen molar-refractivity contribution >= 4 is 32.2 Å². The van der Waals surface area contributed by atoms with Crippen molar-refractivity contribution in [2.45, 2.75) is 12.8 Å². The van der Waals surface area contributed by atoms with Crippen molar-refractivity contribution in [1.29, 1.82) is 0 Å². The van der Waals surface area contributed by atoms with Crippen LogP contribution in [0.15, 0.2) is 36.4 Å². The van der Waals surface area contributed by atoms with E-state index in [1.807, 2.05) is 0 Å². The molecule has 2 aromatic rings. The summed E-state index contributed by atoms with van der Waals surface area (Å²) in [7, 11) is -3.05. The molecule has 112 valence electrons. The van der Waals surface area contributed by atoms with Gasteiger partial charge in [-0.15, -0.1) is 0 Å². The number of hydrogen-bond acceptors (Lipinski definition) is 4. The first-order valence-electron chi connectivity index (χ1n) is 6.55. The molecule has 0 aliphatic heterocycles. The molecule has 0 heterocycles. The van der Waals surface area contributed by atoms with Gasteiger partial charge in [0.15, 0.2) is 0 Å². The normalized spacial score (nSPS) is 11.5. The van der Waals surface area contributed by atoms with E-state index in [-0.39, 0.29) is 23.8 Å². The number of anilines is 1. The highest BCUT2D eigenvalue weighted by Gasteiger charge is 2.09. The standard InChI is InChI=1S/C15H17NO4S/c1-21(19,20)10-4-9-15(18)16-13-7-2-6-12-11(13)5-3-8-14(12)17/h2-3,5-8,17H,4,9-10H2,1H3,(H,16,18). The first-order chi connectivity index (χ1) is 9.87. The topological polar surface area (TPSA) is 83.5 Å². The van der Waals surface area contributed by atoms with Crippen LogP contribution in [0.3, 0.4) is 0 Å². The van der Waals surface area contributed by atoms with E-state index in [1.165, 1.54) is 0 Å². The van der Waals surface area contributed by atoms with Crippen molar-refractivity contribution in [2.75, 3.05) is 17.3 Å². The summed E-state index contributed by atoms with van der Waals surface area (Å²) in [4.78, 5) is 11.9. The molecule has 0 unspecified atom stereocenters. The van der Waals surface area contributed by atoms with Crippen LogP contribution in [0.4, 0.5) is 5.69 Å². The number of hydrogen-bond donors (Lipinski definition) is 2. The first-order valence-corrected chi connectivity index (χ1v) is 8.61. The van der Waals surface area contributed by atoms with E-state index < -0.39 is 9.84 Å². The maximum Gasteiger partial charge on any atom is 0.224 e. The molecule has 0 aliphatic rings. The smallest absolute Gasteiger partial charge is 0.224 e. The average Bonchev–Trinajstić information content (AvgIpc) is 2.38. The minimum Gasteiger partial charge on any atom is -0.507 e. The van der Waals surface area contributed by atoms with Crippen LogP contribution in [0, 0.1) is 0 Å². The summed E-state index contributed by atoms with van der Waals surface area (Å²) < 4.78 is 22.0. The quantitative estimate of drug-likeness (QED) is 0.888. The van der Waals surface area contributed by atoms with E-state index in [0.29, 0.717) is 17.5 Å². The second kappa shape index (κ2) is 6.13. The molecule has 0 aromatic heterocycles. The summed E-state index contributed by atoms with van der Waals surface area (Å²) >= 11 is 0. The number of nitrogens with one attached hydrogen (secondary N) is 1. The van der Waals surface area contributed by atoms with Crippen LogP contribution in [0.25, 0.3) is 10.8 Å². The highest BCUT2D eigenvalue weighted by molar-refractivity contribution is 7.90. The summed E-state index contributed by atoms with van der Waals surface area (Å²) in [5.74, 6) is -0.0910. The van der Waals surface area contributed by atoms with Crippen LogP contribution < -0.4 is 5.32 Å². The number of benzene rings is 2. The van der Waals surface area contributed by atoms with Crippen molar-refractivity contribution < 1.29 is 18.3 Å². The fourth-order valence-electron chi connectivity index (χ4n) is 2.11. The second-order valence-electron chi connectivity index (χ2n) is 4.96. The number of sulfone groups is 1. The van der Waals surface area contributed by atoms with Gasteiger partial charge in [0, 0.05) is 29.1 Å². The zero-order valence-electron chi connectivity index (χ0n) is 11.7. The van der Waals surface area contributed by atoms with Crippen molar-refractivity contribution in [1.82, 2.24) is 0 Å². The van der Waals surface area contributed by atoms with Crippen LogP contribution in [0.1, 0.15) is 12.8 Å². The first kappa shape index (κ1) is 15.3. The van der Waals surface area contributed by atoms with Gasteiger partial charge in [-0.2, -0.15) is 0 Å². The molecule has 5 nitrogen and oxygen atoms in total. The minimum absolute atomic E-state index is 0.00323. The molecule has 0 aliphatic carbocycles. The van der Waals surface area contributed by atoms with Crippen LogP contribution >= 0.6 is 0 Å². The number of carbonyl (C=O) groups is 1. The Kier molecular flexibility index (Phi) is 4.47. The van der Waals surface area contributed by atoms with Crippen molar-refractivity contribution in [3.8, 4) is 5.75 Å². The molecule has 0 spiro atoms. The Labute approximate surface area is 123 Å². The molecule has 6 heteroatoms. The van der Waals surface area contributed by atoms with E-state index in [2.05, 4.69) is 5.32 Å². The van der Waals surface area contributed by atoms with Crippen LogP contribution in [0.5, 0.6) is 5.75 Å². The van der Waals surface area contributed by atoms with Gasteiger partial charge in [0.25, 0.3) is 0 Å². The molecule has 1 amide bonds. The zero-order chi connectivity index (χ0) is 15.5. The molecule has 0 saturated carbocycles. The number of rotatable bonds is 5. The lowest BCUT2D eigenvalue weighted by Crippen LogP contribution is -2.13. The van der Waals surface area contributed by atoms with E-state index >= 15 is 0 Å². The van der Waals surface area contributed by atoms with Gasteiger partial charge in [0.1, 0.15) is 15.6 Å². The molecule has 0 atom stereocenters. The second-order valence-corrected chi connectivity index (χ2v) is 7.22. The molecule has 0 fully saturated rings. The number of phenolic OH excluding ortho intramolecular Hbond substituents is 1. The minimum atomic E-state index is -3.05. The van der Waals surface area contributed by atoms with Gasteiger partial charge in [-0.25, -0.2) is 8.42 Å². The van der Waals surface area contributed by atoms with Crippen LogP contribution in [0.2, 0.25) is 0 Å². The summed E-state index contributed by atoms with van der Waals surface area (Å²) in [5.41, 5.74) is 0.604. The van der Waals surface area contributed by atoms with Crippen molar-refractivity contribution in [3.05, 3.63) is 36.4 Å². The van der Waals surface area contributed by atoms with Gasteiger partial charge < -0.3 is 10.4 Å². The van der Waals surface area contributed by atoms with Crippen molar-refractivity contribution in [2.24, 2.45) is 0 Å². The van der Waals surface area contributed by atoms with Gasteiger partial charge >= 0.3 is 0 Å². The summed E-state index contributed by atoms with van der Waals surface area (Å²) in [6.45, 7) is 0. The Balaban J connectivity index is 2.10. The lowest BCUT2D eigenvalue weighted by molar-refractivity contribution is -0.116. The van der Waals surface area contributed by atoms with Gasteiger partial charge in [0.2, 0.25) is 5.91 Å². The van der Waals surface area contributed by atoms with Crippen LogP contribution in [-0.2, 0) is 14.6 Å². The third-order valence-electron chi connectivity index (χ3n) is 3.09. The SMILES string of the molecule is CS(=O)(=O)CCCC(=O)Nc1cccc2c(O)cccc12. The molecule has 0 bridgehead atoms. The maximum absolute atomic E-state index is 11.9. The highest BCUT2D eigenvalue weighted by Crippen LogP contribution is 2.29. The summed E-state index contributed by atoms with van der Waals surface area (Å²) in [6, 6.07) is 10.4. The highest BCUT2D eigenvalue weighted by atomic mass is 32.2. The fourth-order valence-corrected chi connectivity index (χ4v) is 2.78. The Morgan fingerprint density at radius 3 is 2.52 bits per heavy atom. The summed E-state index contributed by atoms with van der Waals surface area (Å²) in [5, 5.41) is 13.9. The third-order valence-corrected chi connectivity index (χ3v) is 4.12. The van der Waals surface area contributed by atoms with Gasteiger partial charge in [-0.1, -0.05) is 24.3 Å². The van der Waals surface area contributed by atoms with E-state index in [1.54, 1.807) is 36.4 Å². The Morgan fingerprint density at radius 1 is 1.14 bits per heavy atom. The molecular weight excluding hydrogens is 290 g/mol. The molecule has 2 rings (SSSR count). The summed E-state index contributed by atoms with van der Waals surface area (Å²) in [6.07, 6.45) is 1.58. The number of carbonyl (C=O) groups excluding carboxylic acids is 1. The molecule has 2 aromatic carbocycles. The van der Waals surface area contributed by atoms with Gasteiger partial charge in [0.05, 0.1) is 5.75 Å². The Hall–Kier alpha value is -2.08. The number of fused-ring (bicyclic) bond motifs is 1. The van der Waals surface area contributed by atoms with Crippen LogP contribution in [-0.4, -0.2) is 31.4 Å². The Bertz CT molecular complexity index is 768. The number of phenols is 1. The van der Waals surface area contributed by atoms with E-state index in [0.717, 1.165) is 11.6 Å². The molecule has 21 heavy (non-hydrogen) atoms. The molecule has 0 saturated heterocycles. The predicted molar refractivity (Wildman–Crippen MR) is 83.2 cm³/mol. The van der Waals surface area contributed by atoms with Gasteiger partial charge in [-0.05, 0) is 18.6 Å². The fraction of sp³-hybridized carbons (Fsp3) is 0.267. The van der Waals surface area contributed by atoms with E-state index in [4.69, 9.17) is 0 Å². The average molecular weight is 307 g/mol. The number of aromatic hydroxyl groups is 1. The lowest BCUT2D eigenvalue weighted by atomic mass is 10.1. The molecule has 2 N–H and O–H groups in total. The third kappa shape index (κ3) is 4.19. The monoisotopic (exact) mass is 307 g/mol. The predicted octanol–water partition coefficient (Wildman–Crippen LogP) is 2.31. The van der Waals surface area contributed by atoms with Crippen molar-refractivity contribution in [3.63, 3.8) is 0 Å². The maximum atomic E-state index is 11.9. The molecule has 0 radical (unpaired) electrons. The lowest BCUT2D eigenvalue weighted by Gasteiger charge is -2.09. The van der Waals surface area contributed by atoms with Gasteiger partial charge in [-0.3, -0.25) is 4.79 Å². The largest absolute Gasteiger partial charge is 0.507 e.